The van der Waals surface area contributed by atoms with Crippen molar-refractivity contribution < 1.29 is 21.9 Å². The molecule has 0 unspecified atom stereocenters. The maximum Gasteiger partial charge on any atom is 0.244 e. The summed E-state index contributed by atoms with van der Waals surface area (Å²) in [5.41, 5.74) is 5.61. The van der Waals surface area contributed by atoms with E-state index >= 15 is 0 Å². The maximum absolute atomic E-state index is 13.7. The smallest absolute Gasteiger partial charge is 0.244 e. The summed E-state index contributed by atoms with van der Waals surface area (Å²) in [6.07, 6.45) is 3.49. The van der Waals surface area contributed by atoms with Crippen LogP contribution in [0.2, 0.25) is 0 Å². The van der Waals surface area contributed by atoms with E-state index in [1.165, 1.54) is 32.4 Å². The van der Waals surface area contributed by atoms with Gasteiger partial charge in [-0.25, -0.2) is 26.9 Å². The van der Waals surface area contributed by atoms with Crippen molar-refractivity contribution in [3.05, 3.63) is 83.4 Å². The van der Waals surface area contributed by atoms with E-state index in [0.29, 0.717) is 22.3 Å². The number of aryl methyl sites for hydroxylation is 1. The number of nitrogens with zero attached hydrogens (tertiary/aromatic N) is 3. The van der Waals surface area contributed by atoms with Crippen molar-refractivity contribution >= 4 is 21.1 Å². The molecule has 0 saturated carbocycles. The van der Waals surface area contributed by atoms with Crippen LogP contribution in [0.3, 0.4) is 0 Å². The molecule has 0 aliphatic rings. The number of aromatic nitrogens is 4. The maximum atomic E-state index is 13.7. The van der Waals surface area contributed by atoms with Crippen LogP contribution in [0.1, 0.15) is 17.0 Å². The largest absolute Gasteiger partial charge is 0.495 e. The lowest BCUT2D eigenvalue weighted by Gasteiger charge is -2.13. The van der Waals surface area contributed by atoms with E-state index in [2.05, 4.69) is 19.8 Å². The third-order valence-corrected chi connectivity index (χ3v) is 7.93. The number of halogens is 2. The first-order valence-corrected chi connectivity index (χ1v) is 13.2. The van der Waals surface area contributed by atoms with Crippen LogP contribution in [0.15, 0.2) is 59.8 Å². The number of ether oxygens (including phenoxy) is 1. The van der Waals surface area contributed by atoms with Gasteiger partial charge in [0.15, 0.2) is 0 Å². The topological polar surface area (TPSA) is 102 Å². The number of nitrogens with one attached hydrogen (secondary N) is 2. The fourth-order valence-electron chi connectivity index (χ4n) is 4.75. The van der Waals surface area contributed by atoms with Gasteiger partial charge in [-0.05, 0) is 50.7 Å². The predicted octanol–water partition coefficient (Wildman–Crippen LogP) is 4.95. The number of hydrogen-bond acceptors (Lipinski definition) is 5. The standard InChI is InChI=1S/C27H25F2N5O3S/c1-15-25(16(2)34(33-15)14-17-8-19(28)11-20(29)9-17)23-13-32-27-22(23)10-18(12-31-27)21-6-5-7-24(26(21)37-4)38(35,36)30-3/h5-13,30H,14H2,1-4H3,(H,31,32). The summed E-state index contributed by atoms with van der Waals surface area (Å²) in [6, 6.07) is 10.2. The van der Waals surface area contributed by atoms with Crippen molar-refractivity contribution in [2.45, 2.75) is 25.3 Å². The minimum atomic E-state index is -3.75. The highest BCUT2D eigenvalue weighted by atomic mass is 32.2. The number of benzene rings is 2. The average Bonchev–Trinajstić information content (AvgIpc) is 3.41. The van der Waals surface area contributed by atoms with Crippen LogP contribution in [-0.2, 0) is 16.6 Å². The van der Waals surface area contributed by atoms with Crippen molar-refractivity contribution in [1.29, 1.82) is 0 Å². The third-order valence-electron chi connectivity index (χ3n) is 6.49. The SMILES string of the molecule is CNS(=O)(=O)c1cccc(-c2cnc3[nH]cc(-c4c(C)nn(Cc5cc(F)cc(F)c5)c4C)c3c2)c1OC. The van der Waals surface area contributed by atoms with E-state index in [9.17, 15) is 17.2 Å². The Labute approximate surface area is 218 Å². The molecule has 3 heterocycles. The molecule has 2 aromatic carbocycles. The number of H-pyrrole nitrogens is 1. The zero-order valence-corrected chi connectivity index (χ0v) is 22.0. The first kappa shape index (κ1) is 25.6. The van der Waals surface area contributed by atoms with Crippen LogP contribution >= 0.6 is 0 Å². The molecule has 0 saturated heterocycles. The van der Waals surface area contributed by atoms with E-state index in [0.717, 1.165) is 34.0 Å². The molecule has 0 aliphatic carbocycles. The fraction of sp³-hybridized carbons (Fsp3) is 0.185. The number of aromatic amines is 1. The Morgan fingerprint density at radius 1 is 1.08 bits per heavy atom. The molecule has 5 aromatic rings. The van der Waals surface area contributed by atoms with Gasteiger partial charge in [0, 0.05) is 51.8 Å². The Kier molecular flexibility index (Phi) is 6.49. The Balaban J connectivity index is 1.62. The lowest BCUT2D eigenvalue weighted by atomic mass is 10.0. The van der Waals surface area contributed by atoms with Crippen LogP contribution in [0.5, 0.6) is 5.75 Å². The summed E-state index contributed by atoms with van der Waals surface area (Å²) < 4.78 is 62.1. The zero-order chi connectivity index (χ0) is 27.2. The van der Waals surface area contributed by atoms with E-state index < -0.39 is 21.7 Å². The van der Waals surface area contributed by atoms with Crippen LogP contribution in [0, 0.1) is 25.5 Å². The number of sulfonamides is 1. The first-order chi connectivity index (χ1) is 18.1. The molecule has 0 atom stereocenters. The third kappa shape index (κ3) is 4.44. The van der Waals surface area contributed by atoms with Crippen molar-refractivity contribution in [3.8, 4) is 28.0 Å². The zero-order valence-electron chi connectivity index (χ0n) is 21.1. The highest BCUT2D eigenvalue weighted by Gasteiger charge is 2.23. The second kappa shape index (κ2) is 9.66. The van der Waals surface area contributed by atoms with E-state index in [1.807, 2.05) is 26.1 Å². The Morgan fingerprint density at radius 2 is 1.82 bits per heavy atom. The van der Waals surface area contributed by atoms with Gasteiger partial charge < -0.3 is 9.72 Å². The molecule has 5 rings (SSSR count). The summed E-state index contributed by atoms with van der Waals surface area (Å²) >= 11 is 0. The van der Waals surface area contributed by atoms with E-state index in [1.54, 1.807) is 23.0 Å². The van der Waals surface area contributed by atoms with E-state index in [-0.39, 0.29) is 17.2 Å². The van der Waals surface area contributed by atoms with Gasteiger partial charge in [-0.1, -0.05) is 12.1 Å². The number of hydrogen-bond donors (Lipinski definition) is 2. The minimum absolute atomic E-state index is 0.0242. The molecule has 0 radical (unpaired) electrons. The van der Waals surface area contributed by atoms with Gasteiger partial charge in [-0.15, -0.1) is 0 Å². The number of rotatable bonds is 7. The van der Waals surface area contributed by atoms with Gasteiger partial charge in [0.1, 0.15) is 27.9 Å². The average molecular weight is 538 g/mol. The quantitative estimate of drug-likeness (QED) is 0.306. The molecule has 0 amide bonds. The Bertz CT molecular complexity index is 1770. The number of fused-ring (bicyclic) bond motifs is 1. The number of methoxy groups -OCH3 is 1. The minimum Gasteiger partial charge on any atom is -0.495 e. The summed E-state index contributed by atoms with van der Waals surface area (Å²) in [6.45, 7) is 3.98. The van der Waals surface area contributed by atoms with Gasteiger partial charge in [0.25, 0.3) is 0 Å². The van der Waals surface area contributed by atoms with Crippen molar-refractivity contribution in [2.75, 3.05) is 14.2 Å². The molecule has 0 spiro atoms. The van der Waals surface area contributed by atoms with Crippen LogP contribution < -0.4 is 9.46 Å². The van der Waals surface area contributed by atoms with Crippen molar-refractivity contribution in [2.24, 2.45) is 0 Å². The highest BCUT2D eigenvalue weighted by Crippen LogP contribution is 2.39. The summed E-state index contributed by atoms with van der Waals surface area (Å²) in [4.78, 5) is 7.76. The molecule has 38 heavy (non-hydrogen) atoms. The van der Waals surface area contributed by atoms with Gasteiger partial charge >= 0.3 is 0 Å². The molecule has 11 heteroatoms. The fourth-order valence-corrected chi connectivity index (χ4v) is 5.66. The van der Waals surface area contributed by atoms with Crippen LogP contribution in [-0.4, -0.2) is 42.3 Å². The van der Waals surface area contributed by atoms with Gasteiger partial charge in [-0.3, -0.25) is 4.68 Å². The second-order valence-electron chi connectivity index (χ2n) is 8.85. The van der Waals surface area contributed by atoms with Crippen molar-refractivity contribution in [1.82, 2.24) is 24.5 Å². The lowest BCUT2D eigenvalue weighted by Crippen LogP contribution is -2.19. The van der Waals surface area contributed by atoms with Crippen molar-refractivity contribution in [3.63, 3.8) is 0 Å². The van der Waals surface area contributed by atoms with E-state index in [4.69, 9.17) is 4.74 Å². The molecule has 8 nitrogen and oxygen atoms in total. The van der Waals surface area contributed by atoms with Gasteiger partial charge in [0.2, 0.25) is 10.0 Å². The summed E-state index contributed by atoms with van der Waals surface area (Å²) in [7, 11) is -0.986. The second-order valence-corrected chi connectivity index (χ2v) is 10.7. The number of pyridine rings is 1. The predicted molar refractivity (Wildman–Crippen MR) is 140 cm³/mol. The molecule has 0 fully saturated rings. The molecule has 0 aliphatic heterocycles. The molecule has 3 aromatic heterocycles. The molecule has 2 N–H and O–H groups in total. The van der Waals surface area contributed by atoms with Gasteiger partial charge in [0.05, 0.1) is 19.3 Å². The van der Waals surface area contributed by atoms with Crippen LogP contribution in [0.25, 0.3) is 33.3 Å². The molecular weight excluding hydrogens is 512 g/mol. The summed E-state index contributed by atoms with van der Waals surface area (Å²) in [5, 5.41) is 5.43. The number of para-hydroxylation sites is 1. The first-order valence-electron chi connectivity index (χ1n) is 11.7. The summed E-state index contributed by atoms with van der Waals surface area (Å²) in [5.74, 6) is -1.07. The Morgan fingerprint density at radius 3 is 2.50 bits per heavy atom. The Hall–Kier alpha value is -4.09. The molecule has 196 valence electrons. The van der Waals surface area contributed by atoms with Crippen LogP contribution in [0.4, 0.5) is 8.78 Å². The van der Waals surface area contributed by atoms with Gasteiger partial charge in [-0.2, -0.15) is 5.10 Å². The lowest BCUT2D eigenvalue weighted by molar-refractivity contribution is 0.404. The monoisotopic (exact) mass is 537 g/mol. The highest BCUT2D eigenvalue weighted by molar-refractivity contribution is 7.89. The molecule has 0 bridgehead atoms. The molecular formula is C27H25F2N5O3S. The normalized spacial score (nSPS) is 11.8.